The fourth-order valence-electron chi connectivity index (χ4n) is 1.48. The zero-order chi connectivity index (χ0) is 13.8. The average Bonchev–Trinajstić information content (AvgIpc) is 2.88. The lowest BCUT2D eigenvalue weighted by Crippen LogP contribution is -2.00. The monoisotopic (exact) mass is 283 g/mol. The smallest absolute Gasteiger partial charge is 0.373 e. The normalized spacial score (nSPS) is 10.3. The first-order chi connectivity index (χ1) is 9.10. The predicted molar refractivity (Wildman–Crippen MR) is 68.8 cm³/mol. The molecule has 0 radical (unpaired) electrons. The SMILES string of the molecule is COC(=O)c1ccc(CNc2ccc(F)c(Cl)c2)o1. The van der Waals surface area contributed by atoms with Crippen LogP contribution in [0.2, 0.25) is 5.02 Å². The lowest BCUT2D eigenvalue weighted by atomic mass is 10.3. The Bertz CT molecular complexity index is 597. The van der Waals surface area contributed by atoms with Gasteiger partial charge >= 0.3 is 5.97 Å². The average molecular weight is 284 g/mol. The highest BCUT2D eigenvalue weighted by Crippen LogP contribution is 2.20. The number of hydrogen-bond acceptors (Lipinski definition) is 4. The van der Waals surface area contributed by atoms with Crippen LogP contribution in [0.25, 0.3) is 0 Å². The molecular weight excluding hydrogens is 273 g/mol. The van der Waals surface area contributed by atoms with Crippen molar-refractivity contribution in [2.75, 3.05) is 12.4 Å². The van der Waals surface area contributed by atoms with Crippen molar-refractivity contribution in [2.24, 2.45) is 0 Å². The summed E-state index contributed by atoms with van der Waals surface area (Å²) in [5, 5.41) is 3.04. The van der Waals surface area contributed by atoms with E-state index < -0.39 is 11.8 Å². The van der Waals surface area contributed by atoms with E-state index in [9.17, 15) is 9.18 Å². The lowest BCUT2D eigenvalue weighted by Gasteiger charge is -2.05. The molecule has 0 saturated heterocycles. The number of anilines is 1. The van der Waals surface area contributed by atoms with E-state index >= 15 is 0 Å². The zero-order valence-corrected chi connectivity index (χ0v) is 10.8. The van der Waals surface area contributed by atoms with Crippen LogP contribution in [0.3, 0.4) is 0 Å². The molecule has 1 N–H and O–H groups in total. The van der Waals surface area contributed by atoms with Crippen molar-refractivity contribution in [2.45, 2.75) is 6.54 Å². The molecule has 1 heterocycles. The van der Waals surface area contributed by atoms with Crippen molar-refractivity contribution in [3.63, 3.8) is 0 Å². The summed E-state index contributed by atoms with van der Waals surface area (Å²) >= 11 is 5.66. The molecule has 0 aliphatic rings. The van der Waals surface area contributed by atoms with Gasteiger partial charge in [-0.1, -0.05) is 11.6 Å². The number of carbonyl (C=O) groups excluding carboxylic acids is 1. The Hall–Kier alpha value is -2.01. The molecular formula is C13H11ClFNO3. The Morgan fingerprint density at radius 2 is 2.21 bits per heavy atom. The van der Waals surface area contributed by atoms with Gasteiger partial charge in [0.15, 0.2) is 0 Å². The van der Waals surface area contributed by atoms with Crippen LogP contribution in [0.5, 0.6) is 0 Å². The number of hydrogen-bond donors (Lipinski definition) is 1. The maximum Gasteiger partial charge on any atom is 0.373 e. The van der Waals surface area contributed by atoms with Gasteiger partial charge in [-0.15, -0.1) is 0 Å². The van der Waals surface area contributed by atoms with Gasteiger partial charge < -0.3 is 14.5 Å². The molecule has 0 atom stereocenters. The molecule has 0 aliphatic carbocycles. The second-order valence-electron chi connectivity index (χ2n) is 3.74. The highest BCUT2D eigenvalue weighted by Gasteiger charge is 2.10. The molecule has 1 aromatic carbocycles. The van der Waals surface area contributed by atoms with E-state index in [0.29, 0.717) is 18.0 Å². The number of furan rings is 1. The molecule has 100 valence electrons. The Kier molecular flexibility index (Phi) is 4.06. The van der Waals surface area contributed by atoms with Crippen molar-refractivity contribution in [3.8, 4) is 0 Å². The molecule has 1 aromatic heterocycles. The van der Waals surface area contributed by atoms with Crippen LogP contribution < -0.4 is 5.32 Å². The van der Waals surface area contributed by atoms with Crippen LogP contribution >= 0.6 is 11.6 Å². The molecule has 0 unspecified atom stereocenters. The van der Waals surface area contributed by atoms with Crippen molar-refractivity contribution in [1.82, 2.24) is 0 Å². The quantitative estimate of drug-likeness (QED) is 0.873. The Labute approximate surface area is 114 Å². The molecule has 0 fully saturated rings. The molecule has 19 heavy (non-hydrogen) atoms. The van der Waals surface area contributed by atoms with Crippen molar-refractivity contribution >= 4 is 23.3 Å². The van der Waals surface area contributed by atoms with Crippen molar-refractivity contribution < 1.29 is 18.3 Å². The largest absolute Gasteiger partial charge is 0.463 e. The number of halogens is 2. The summed E-state index contributed by atoms with van der Waals surface area (Å²) in [6, 6.07) is 7.49. The van der Waals surface area contributed by atoms with Gasteiger partial charge in [-0.25, -0.2) is 9.18 Å². The van der Waals surface area contributed by atoms with Crippen LogP contribution in [0.15, 0.2) is 34.7 Å². The summed E-state index contributed by atoms with van der Waals surface area (Å²) in [5.41, 5.74) is 0.655. The molecule has 0 bridgehead atoms. The van der Waals surface area contributed by atoms with E-state index in [0.717, 1.165) is 0 Å². The minimum absolute atomic E-state index is 0.0414. The van der Waals surface area contributed by atoms with E-state index in [1.807, 2.05) is 0 Å². The number of ether oxygens (including phenoxy) is 1. The van der Waals surface area contributed by atoms with Gasteiger partial charge in [-0.3, -0.25) is 0 Å². The van der Waals surface area contributed by atoms with E-state index in [2.05, 4.69) is 10.1 Å². The standard InChI is InChI=1S/C13H11ClFNO3/c1-18-13(17)12-5-3-9(19-12)7-16-8-2-4-11(15)10(14)6-8/h2-6,16H,7H2,1H3. The summed E-state index contributed by atoms with van der Waals surface area (Å²) in [5.74, 6) is -0.313. The van der Waals surface area contributed by atoms with Gasteiger partial charge in [-0.2, -0.15) is 0 Å². The fourth-order valence-corrected chi connectivity index (χ4v) is 1.66. The molecule has 0 saturated carbocycles. The summed E-state index contributed by atoms with van der Waals surface area (Å²) in [6.45, 7) is 0.346. The van der Waals surface area contributed by atoms with Crippen LogP contribution in [0.4, 0.5) is 10.1 Å². The number of rotatable bonds is 4. The fraction of sp³-hybridized carbons (Fsp3) is 0.154. The van der Waals surface area contributed by atoms with E-state index in [1.54, 1.807) is 12.1 Å². The topological polar surface area (TPSA) is 51.5 Å². The van der Waals surface area contributed by atoms with Crippen LogP contribution in [0.1, 0.15) is 16.3 Å². The molecule has 6 heteroatoms. The lowest BCUT2D eigenvalue weighted by molar-refractivity contribution is 0.0563. The van der Waals surface area contributed by atoms with Gasteiger partial charge in [0.05, 0.1) is 18.7 Å². The van der Waals surface area contributed by atoms with Crippen LogP contribution in [0, 0.1) is 5.82 Å². The Balaban J connectivity index is 2.00. The third-order valence-electron chi connectivity index (χ3n) is 2.43. The molecule has 0 spiro atoms. The highest BCUT2D eigenvalue weighted by molar-refractivity contribution is 6.31. The predicted octanol–water partition coefficient (Wildman–Crippen LogP) is 3.47. The van der Waals surface area contributed by atoms with E-state index in [1.165, 1.54) is 25.3 Å². The van der Waals surface area contributed by atoms with Gasteiger partial charge in [0.25, 0.3) is 0 Å². The second-order valence-corrected chi connectivity index (χ2v) is 4.15. The van der Waals surface area contributed by atoms with E-state index in [4.69, 9.17) is 16.0 Å². The minimum Gasteiger partial charge on any atom is -0.463 e. The maximum absolute atomic E-state index is 13.0. The van der Waals surface area contributed by atoms with Crippen LogP contribution in [-0.2, 0) is 11.3 Å². The first-order valence-electron chi connectivity index (χ1n) is 5.46. The number of carbonyl (C=O) groups is 1. The van der Waals surface area contributed by atoms with Crippen LogP contribution in [-0.4, -0.2) is 13.1 Å². The zero-order valence-electron chi connectivity index (χ0n) is 10.1. The number of nitrogens with one attached hydrogen (secondary N) is 1. The number of benzene rings is 1. The summed E-state index contributed by atoms with van der Waals surface area (Å²) in [6.07, 6.45) is 0. The summed E-state index contributed by atoms with van der Waals surface area (Å²) in [7, 11) is 1.28. The molecule has 2 rings (SSSR count). The first kappa shape index (κ1) is 13.4. The summed E-state index contributed by atoms with van der Waals surface area (Å²) in [4.78, 5) is 11.2. The van der Waals surface area contributed by atoms with Crippen molar-refractivity contribution in [3.05, 3.63) is 52.7 Å². The van der Waals surface area contributed by atoms with E-state index in [-0.39, 0.29) is 10.8 Å². The highest BCUT2D eigenvalue weighted by atomic mass is 35.5. The Morgan fingerprint density at radius 1 is 1.42 bits per heavy atom. The van der Waals surface area contributed by atoms with Gasteiger partial charge in [-0.05, 0) is 30.3 Å². The van der Waals surface area contributed by atoms with Gasteiger partial charge in [0.2, 0.25) is 5.76 Å². The molecule has 2 aromatic rings. The van der Waals surface area contributed by atoms with Crippen molar-refractivity contribution in [1.29, 1.82) is 0 Å². The molecule has 0 aliphatic heterocycles. The Morgan fingerprint density at radius 3 is 2.89 bits per heavy atom. The molecule has 4 nitrogen and oxygen atoms in total. The molecule has 0 amide bonds. The minimum atomic E-state index is -0.531. The number of esters is 1. The number of methoxy groups -OCH3 is 1. The second kappa shape index (κ2) is 5.75. The van der Waals surface area contributed by atoms with Gasteiger partial charge in [0.1, 0.15) is 11.6 Å². The summed E-state index contributed by atoms with van der Waals surface area (Å²) < 4.78 is 22.8. The third kappa shape index (κ3) is 3.26. The van der Waals surface area contributed by atoms with Gasteiger partial charge in [0, 0.05) is 5.69 Å². The maximum atomic E-state index is 13.0. The first-order valence-corrected chi connectivity index (χ1v) is 5.84. The third-order valence-corrected chi connectivity index (χ3v) is 2.72.